The number of nitrogens with zero attached hydrogens (tertiary/aromatic N) is 4. The lowest BCUT2D eigenvalue weighted by molar-refractivity contribution is -0.137. The molecule has 0 spiro atoms. The number of hydrazine groups is 1. The van der Waals surface area contributed by atoms with Crippen LogP contribution < -0.4 is 10.7 Å². The van der Waals surface area contributed by atoms with E-state index >= 15 is 0 Å². The van der Waals surface area contributed by atoms with Crippen LogP contribution in [0.4, 0.5) is 4.79 Å². The Morgan fingerprint density at radius 2 is 2.08 bits per heavy atom. The summed E-state index contributed by atoms with van der Waals surface area (Å²) in [6.07, 6.45) is 2.71. The van der Waals surface area contributed by atoms with Crippen molar-refractivity contribution >= 4 is 29.6 Å². The quantitative estimate of drug-likeness (QED) is 0.551. The molecule has 0 aromatic carbocycles. The van der Waals surface area contributed by atoms with Crippen LogP contribution >= 0.6 is 11.8 Å². The van der Waals surface area contributed by atoms with Crippen molar-refractivity contribution < 1.29 is 14.4 Å². The predicted molar refractivity (Wildman–Crippen MR) is 90.6 cm³/mol. The van der Waals surface area contributed by atoms with Crippen molar-refractivity contribution in [3.05, 3.63) is 5.82 Å². The van der Waals surface area contributed by atoms with Crippen LogP contribution in [-0.2, 0) is 16.1 Å². The summed E-state index contributed by atoms with van der Waals surface area (Å²) in [5, 5.41) is 12.4. The molecule has 136 valence electrons. The summed E-state index contributed by atoms with van der Waals surface area (Å²) in [7, 11) is 0. The van der Waals surface area contributed by atoms with Gasteiger partial charge in [0, 0.05) is 12.5 Å². The second kappa shape index (κ2) is 6.66. The highest BCUT2D eigenvalue weighted by Crippen LogP contribution is 2.39. The highest BCUT2D eigenvalue weighted by Gasteiger charge is 2.47. The smallest absolute Gasteiger partial charge is 0.322 e. The second-order valence-electron chi connectivity index (χ2n) is 6.44. The van der Waals surface area contributed by atoms with E-state index in [1.165, 1.54) is 11.8 Å². The zero-order valence-electron chi connectivity index (χ0n) is 14.5. The molecule has 0 unspecified atom stereocenters. The molecule has 3 rings (SSSR count). The normalized spacial score (nSPS) is 23.1. The molecule has 2 heterocycles. The van der Waals surface area contributed by atoms with Crippen molar-refractivity contribution in [3.63, 3.8) is 0 Å². The van der Waals surface area contributed by atoms with Crippen molar-refractivity contribution in [1.29, 1.82) is 0 Å². The van der Waals surface area contributed by atoms with E-state index in [9.17, 15) is 14.4 Å². The highest BCUT2D eigenvalue weighted by atomic mass is 32.2. The molecule has 1 aliphatic heterocycles. The van der Waals surface area contributed by atoms with Crippen LogP contribution in [0.1, 0.15) is 51.8 Å². The molecule has 1 saturated heterocycles. The Balaban J connectivity index is 1.59. The molecule has 2 aliphatic rings. The Bertz CT molecular complexity index is 716. The first-order valence-electron chi connectivity index (χ1n) is 8.41. The largest absolute Gasteiger partial charge is 0.344 e. The molecule has 2 fully saturated rings. The highest BCUT2D eigenvalue weighted by molar-refractivity contribution is 7.99. The fourth-order valence-electron chi connectivity index (χ4n) is 2.66. The van der Waals surface area contributed by atoms with Crippen LogP contribution in [0, 0.1) is 0 Å². The van der Waals surface area contributed by atoms with Crippen molar-refractivity contribution in [2.45, 2.75) is 63.2 Å². The number of carbonyl (C=O) groups excluding carboxylic acids is 3. The zero-order chi connectivity index (χ0) is 18.2. The van der Waals surface area contributed by atoms with Gasteiger partial charge in [0.2, 0.25) is 5.91 Å². The molecular weight excluding hydrogens is 344 g/mol. The second-order valence-corrected chi connectivity index (χ2v) is 7.38. The number of nitrogens with one attached hydrogen (secondary N) is 2. The van der Waals surface area contributed by atoms with E-state index in [1.54, 1.807) is 13.8 Å². The lowest BCUT2D eigenvalue weighted by atomic mass is 10.00. The van der Waals surface area contributed by atoms with Gasteiger partial charge in [0.05, 0.1) is 5.75 Å². The summed E-state index contributed by atoms with van der Waals surface area (Å²) in [6.45, 7) is 6.19. The topological polar surface area (TPSA) is 109 Å². The molecule has 25 heavy (non-hydrogen) atoms. The number of amides is 4. The standard InChI is InChI=1S/C15H22N6O3S/c1-4-15(3)12(23)21(13(24)16-15)19-10(22)8-25-14-18-17-11(9-6-7-9)20(14)5-2/h9H,4-8H2,1-3H3,(H,16,24)(H,19,22)/t15-/m0/s1. The molecule has 1 aromatic heterocycles. The minimum atomic E-state index is -0.973. The van der Waals surface area contributed by atoms with E-state index in [4.69, 9.17) is 0 Å². The van der Waals surface area contributed by atoms with Crippen LogP contribution in [-0.4, -0.2) is 48.9 Å². The van der Waals surface area contributed by atoms with E-state index in [0.717, 1.165) is 30.2 Å². The van der Waals surface area contributed by atoms with Crippen LogP contribution in [0.2, 0.25) is 0 Å². The van der Waals surface area contributed by atoms with E-state index < -0.39 is 23.4 Å². The Hall–Kier alpha value is -2.10. The third kappa shape index (κ3) is 3.35. The SMILES string of the molecule is CCn1c(SCC(=O)NN2C(=O)N[C@@](C)(CC)C2=O)nnc1C1CC1. The van der Waals surface area contributed by atoms with Gasteiger partial charge in [-0.3, -0.25) is 15.0 Å². The number of hydrogen-bond donors (Lipinski definition) is 2. The molecule has 4 amide bonds. The minimum Gasteiger partial charge on any atom is -0.322 e. The van der Waals surface area contributed by atoms with Crippen molar-refractivity contribution in [1.82, 2.24) is 30.5 Å². The number of thioether (sulfide) groups is 1. The summed E-state index contributed by atoms with van der Waals surface area (Å²) >= 11 is 1.24. The summed E-state index contributed by atoms with van der Waals surface area (Å²) in [6, 6.07) is -0.611. The molecule has 1 aliphatic carbocycles. The van der Waals surface area contributed by atoms with Gasteiger partial charge in [0.1, 0.15) is 11.4 Å². The zero-order valence-corrected chi connectivity index (χ0v) is 15.4. The number of urea groups is 1. The van der Waals surface area contributed by atoms with Crippen molar-refractivity contribution in [3.8, 4) is 0 Å². The van der Waals surface area contributed by atoms with Crippen LogP contribution in [0.15, 0.2) is 5.16 Å². The Kier molecular flexibility index (Phi) is 4.72. The van der Waals surface area contributed by atoms with E-state index in [1.807, 2.05) is 11.5 Å². The average Bonchev–Trinajstić information content (AvgIpc) is 3.32. The third-order valence-corrected chi connectivity index (χ3v) is 5.51. The van der Waals surface area contributed by atoms with E-state index in [0.29, 0.717) is 17.5 Å². The number of aromatic nitrogens is 3. The third-order valence-electron chi connectivity index (χ3n) is 4.54. The average molecular weight is 366 g/mol. The van der Waals surface area contributed by atoms with Crippen LogP contribution in [0.5, 0.6) is 0 Å². The monoisotopic (exact) mass is 366 g/mol. The Morgan fingerprint density at radius 1 is 1.36 bits per heavy atom. The lowest BCUT2D eigenvalue weighted by Gasteiger charge is -2.19. The minimum absolute atomic E-state index is 0.0443. The van der Waals surface area contributed by atoms with Gasteiger partial charge in [-0.1, -0.05) is 18.7 Å². The number of hydrogen-bond acceptors (Lipinski definition) is 6. The molecule has 0 bridgehead atoms. The number of carbonyl (C=O) groups is 3. The Labute approximate surface area is 149 Å². The van der Waals surface area contributed by atoms with Gasteiger partial charge >= 0.3 is 6.03 Å². The van der Waals surface area contributed by atoms with E-state index in [-0.39, 0.29) is 5.75 Å². The first kappa shape index (κ1) is 17.7. The van der Waals surface area contributed by atoms with Gasteiger partial charge in [-0.2, -0.15) is 5.01 Å². The first-order chi connectivity index (χ1) is 11.9. The number of rotatable bonds is 7. The van der Waals surface area contributed by atoms with Gasteiger partial charge in [-0.15, -0.1) is 10.2 Å². The molecular formula is C15H22N6O3S. The Morgan fingerprint density at radius 3 is 2.64 bits per heavy atom. The molecule has 1 saturated carbocycles. The fraction of sp³-hybridized carbons (Fsp3) is 0.667. The molecule has 1 atom stereocenters. The van der Waals surface area contributed by atoms with E-state index in [2.05, 4.69) is 20.9 Å². The summed E-state index contributed by atoms with van der Waals surface area (Å²) in [5.74, 6) is 0.605. The van der Waals surface area contributed by atoms with Crippen LogP contribution in [0.3, 0.4) is 0 Å². The first-order valence-corrected chi connectivity index (χ1v) is 9.40. The van der Waals surface area contributed by atoms with Gasteiger partial charge in [0.15, 0.2) is 5.16 Å². The van der Waals surface area contributed by atoms with Gasteiger partial charge in [-0.05, 0) is 33.1 Å². The fourth-order valence-corrected chi connectivity index (χ4v) is 3.46. The molecule has 0 radical (unpaired) electrons. The molecule has 10 heteroatoms. The summed E-state index contributed by atoms with van der Waals surface area (Å²) < 4.78 is 2.01. The molecule has 9 nitrogen and oxygen atoms in total. The summed E-state index contributed by atoms with van der Waals surface area (Å²) in [5.41, 5.74) is 1.40. The number of imide groups is 1. The molecule has 2 N–H and O–H groups in total. The maximum absolute atomic E-state index is 12.3. The lowest BCUT2D eigenvalue weighted by Crippen LogP contribution is -2.49. The predicted octanol–water partition coefficient (Wildman–Crippen LogP) is 1.02. The maximum atomic E-state index is 12.3. The van der Waals surface area contributed by atoms with Gasteiger partial charge < -0.3 is 9.88 Å². The van der Waals surface area contributed by atoms with Crippen molar-refractivity contribution in [2.75, 3.05) is 5.75 Å². The summed E-state index contributed by atoms with van der Waals surface area (Å²) in [4.78, 5) is 36.3. The maximum Gasteiger partial charge on any atom is 0.344 e. The van der Waals surface area contributed by atoms with Crippen LogP contribution in [0.25, 0.3) is 0 Å². The molecule has 1 aromatic rings. The van der Waals surface area contributed by atoms with Crippen molar-refractivity contribution in [2.24, 2.45) is 0 Å². The van der Waals surface area contributed by atoms with Gasteiger partial charge in [-0.25, -0.2) is 4.79 Å². The van der Waals surface area contributed by atoms with Gasteiger partial charge in [0.25, 0.3) is 5.91 Å².